The average Bonchev–Trinajstić information content (AvgIpc) is 3.42. The van der Waals surface area contributed by atoms with Crippen LogP contribution in [0.1, 0.15) is 20.3 Å². The van der Waals surface area contributed by atoms with E-state index < -0.39 is 5.92 Å². The first-order chi connectivity index (χ1) is 16.4. The summed E-state index contributed by atoms with van der Waals surface area (Å²) in [5.74, 6) is 0.807. The van der Waals surface area contributed by atoms with E-state index in [1.807, 2.05) is 24.5 Å². The van der Waals surface area contributed by atoms with E-state index >= 15 is 0 Å². The van der Waals surface area contributed by atoms with E-state index in [1.54, 1.807) is 29.0 Å². The predicted molar refractivity (Wildman–Crippen MR) is 132 cm³/mol. The molecule has 4 rings (SSSR count). The van der Waals surface area contributed by atoms with Gasteiger partial charge in [-0.05, 0) is 32.2 Å². The van der Waals surface area contributed by atoms with E-state index in [2.05, 4.69) is 39.5 Å². The van der Waals surface area contributed by atoms with Gasteiger partial charge in [-0.15, -0.1) is 0 Å². The van der Waals surface area contributed by atoms with Gasteiger partial charge < -0.3 is 20.3 Å². The van der Waals surface area contributed by atoms with Crippen LogP contribution in [0.4, 0.5) is 11.5 Å². The van der Waals surface area contributed by atoms with Gasteiger partial charge >= 0.3 is 0 Å². The van der Waals surface area contributed by atoms with Gasteiger partial charge in [0.25, 0.3) is 0 Å². The number of nitrogens with one attached hydrogen (secondary N) is 2. The fourth-order valence-corrected chi connectivity index (χ4v) is 4.27. The van der Waals surface area contributed by atoms with Crippen LogP contribution in [0.15, 0.2) is 35.6 Å². The number of aromatic nitrogens is 4. The SMILES string of the molecule is COc1cccc(N2CC(C(=O)NCCn3ncc4c(NC(C)C)nc(SC)nc43)CC2=O)c1. The van der Waals surface area contributed by atoms with E-state index in [1.165, 1.54) is 11.8 Å². The molecule has 10 nitrogen and oxygen atoms in total. The van der Waals surface area contributed by atoms with Crippen molar-refractivity contribution in [1.82, 2.24) is 25.1 Å². The number of carbonyl (C=O) groups excluding carboxylic acids is 2. The maximum Gasteiger partial charge on any atom is 0.227 e. The molecule has 1 aromatic carbocycles. The van der Waals surface area contributed by atoms with Crippen LogP contribution in [0.2, 0.25) is 0 Å². The Bertz CT molecular complexity index is 1200. The summed E-state index contributed by atoms with van der Waals surface area (Å²) in [6.45, 7) is 5.29. The third-order valence-corrected chi connectivity index (χ3v) is 6.12. The van der Waals surface area contributed by atoms with Gasteiger partial charge in [0, 0.05) is 37.3 Å². The number of anilines is 2. The summed E-state index contributed by atoms with van der Waals surface area (Å²) < 4.78 is 7.01. The highest BCUT2D eigenvalue weighted by Gasteiger charge is 2.35. The first-order valence-corrected chi connectivity index (χ1v) is 12.4. The fourth-order valence-electron chi connectivity index (χ4n) is 3.91. The lowest BCUT2D eigenvalue weighted by Gasteiger charge is -2.17. The maximum absolute atomic E-state index is 12.8. The van der Waals surface area contributed by atoms with Crippen LogP contribution in [0.3, 0.4) is 0 Å². The van der Waals surface area contributed by atoms with Crippen molar-refractivity contribution in [3.8, 4) is 5.75 Å². The van der Waals surface area contributed by atoms with Crippen molar-refractivity contribution in [3.63, 3.8) is 0 Å². The van der Waals surface area contributed by atoms with Crippen molar-refractivity contribution in [3.05, 3.63) is 30.5 Å². The lowest BCUT2D eigenvalue weighted by Crippen LogP contribution is -2.35. The highest BCUT2D eigenvalue weighted by atomic mass is 32.2. The summed E-state index contributed by atoms with van der Waals surface area (Å²) >= 11 is 1.47. The smallest absolute Gasteiger partial charge is 0.227 e. The number of methoxy groups -OCH3 is 1. The largest absolute Gasteiger partial charge is 0.497 e. The normalized spacial score (nSPS) is 15.9. The molecule has 1 saturated heterocycles. The van der Waals surface area contributed by atoms with E-state index in [-0.39, 0.29) is 24.3 Å². The van der Waals surface area contributed by atoms with Crippen LogP contribution in [-0.2, 0) is 16.1 Å². The Hall–Kier alpha value is -3.34. The Labute approximate surface area is 202 Å². The zero-order chi connectivity index (χ0) is 24.2. The van der Waals surface area contributed by atoms with Gasteiger partial charge in [0.15, 0.2) is 10.8 Å². The molecule has 2 N–H and O–H groups in total. The molecule has 11 heteroatoms. The van der Waals surface area contributed by atoms with Crippen LogP contribution in [-0.4, -0.2) is 64.1 Å². The standard InChI is InChI=1S/C23H29N7O3S/c1-14(2)26-20-18-12-25-30(21(18)28-23(27-20)34-4)9-8-24-22(32)15-10-19(31)29(13-15)16-6-5-7-17(11-16)33-3/h5-7,11-12,14-15H,8-10,13H2,1-4H3,(H,24,32)(H,26,27,28). The van der Waals surface area contributed by atoms with Crippen molar-refractivity contribution >= 4 is 46.1 Å². The number of amides is 2. The van der Waals surface area contributed by atoms with Crippen LogP contribution < -0.4 is 20.3 Å². The number of carbonyl (C=O) groups is 2. The first-order valence-electron chi connectivity index (χ1n) is 11.2. The number of fused-ring (bicyclic) bond motifs is 1. The summed E-state index contributed by atoms with van der Waals surface area (Å²) in [6, 6.07) is 7.52. The van der Waals surface area contributed by atoms with Crippen molar-refractivity contribution in [2.24, 2.45) is 5.92 Å². The van der Waals surface area contributed by atoms with E-state index in [0.29, 0.717) is 30.5 Å². The Morgan fingerprint density at radius 3 is 2.88 bits per heavy atom. The van der Waals surface area contributed by atoms with Gasteiger partial charge in [-0.1, -0.05) is 17.8 Å². The van der Waals surface area contributed by atoms with E-state index in [0.717, 1.165) is 22.5 Å². The molecule has 1 atom stereocenters. The number of hydrogen-bond acceptors (Lipinski definition) is 8. The molecule has 1 aliphatic rings. The molecule has 1 aliphatic heterocycles. The highest BCUT2D eigenvalue weighted by Crippen LogP contribution is 2.28. The molecule has 180 valence electrons. The van der Waals surface area contributed by atoms with Gasteiger partial charge in [-0.2, -0.15) is 5.10 Å². The third kappa shape index (κ3) is 5.09. The van der Waals surface area contributed by atoms with Gasteiger partial charge in [0.2, 0.25) is 11.8 Å². The van der Waals surface area contributed by atoms with Gasteiger partial charge in [0.05, 0.1) is 31.2 Å². The summed E-state index contributed by atoms with van der Waals surface area (Å²) in [4.78, 5) is 36.1. The molecule has 0 radical (unpaired) electrons. The minimum Gasteiger partial charge on any atom is -0.497 e. The Morgan fingerprint density at radius 2 is 2.15 bits per heavy atom. The van der Waals surface area contributed by atoms with Crippen LogP contribution in [0.5, 0.6) is 5.75 Å². The molecule has 1 fully saturated rings. The molecule has 2 amide bonds. The Morgan fingerprint density at radius 1 is 1.32 bits per heavy atom. The monoisotopic (exact) mass is 483 g/mol. The molecule has 0 saturated carbocycles. The quantitative estimate of drug-likeness (QED) is 0.353. The highest BCUT2D eigenvalue weighted by molar-refractivity contribution is 7.98. The number of ether oxygens (including phenoxy) is 1. The van der Waals surface area contributed by atoms with Crippen LogP contribution in [0, 0.1) is 5.92 Å². The molecular formula is C23H29N7O3S. The third-order valence-electron chi connectivity index (χ3n) is 5.57. The molecule has 34 heavy (non-hydrogen) atoms. The van der Waals surface area contributed by atoms with Crippen LogP contribution >= 0.6 is 11.8 Å². The average molecular weight is 484 g/mol. The molecule has 0 spiro atoms. The molecule has 0 bridgehead atoms. The molecular weight excluding hydrogens is 454 g/mol. The zero-order valence-electron chi connectivity index (χ0n) is 19.7. The zero-order valence-corrected chi connectivity index (χ0v) is 20.6. The van der Waals surface area contributed by atoms with E-state index in [9.17, 15) is 9.59 Å². The Balaban J connectivity index is 1.39. The minimum atomic E-state index is -0.402. The summed E-state index contributed by atoms with van der Waals surface area (Å²) in [6.07, 6.45) is 3.86. The molecule has 2 aromatic heterocycles. The second kappa shape index (κ2) is 10.3. The number of thioether (sulfide) groups is 1. The van der Waals surface area contributed by atoms with Crippen molar-refractivity contribution in [2.75, 3.05) is 36.7 Å². The summed E-state index contributed by atoms with van der Waals surface area (Å²) in [5, 5.41) is 12.2. The number of rotatable bonds is 9. The lowest BCUT2D eigenvalue weighted by atomic mass is 10.1. The van der Waals surface area contributed by atoms with Crippen molar-refractivity contribution in [2.45, 2.75) is 38.0 Å². The van der Waals surface area contributed by atoms with Crippen molar-refractivity contribution in [1.29, 1.82) is 0 Å². The molecule has 1 unspecified atom stereocenters. The number of hydrogen-bond donors (Lipinski definition) is 2. The first kappa shape index (κ1) is 23.8. The van der Waals surface area contributed by atoms with Crippen molar-refractivity contribution < 1.29 is 14.3 Å². The molecule has 3 aromatic rings. The minimum absolute atomic E-state index is 0.0713. The fraction of sp³-hybridized carbons (Fsp3) is 0.435. The van der Waals surface area contributed by atoms with Gasteiger partial charge in [-0.25, -0.2) is 14.6 Å². The second-order valence-electron chi connectivity index (χ2n) is 8.36. The number of nitrogens with zero attached hydrogens (tertiary/aromatic N) is 5. The predicted octanol–water partition coefficient (Wildman–Crippen LogP) is 2.55. The molecule has 0 aliphatic carbocycles. The van der Waals surface area contributed by atoms with E-state index in [4.69, 9.17) is 4.74 Å². The topological polar surface area (TPSA) is 114 Å². The van der Waals surface area contributed by atoms with Crippen LogP contribution in [0.25, 0.3) is 11.0 Å². The summed E-state index contributed by atoms with van der Waals surface area (Å²) in [7, 11) is 1.58. The Kier molecular flexibility index (Phi) is 7.20. The second-order valence-corrected chi connectivity index (χ2v) is 9.13. The van der Waals surface area contributed by atoms with Gasteiger partial charge in [0.1, 0.15) is 11.6 Å². The summed E-state index contributed by atoms with van der Waals surface area (Å²) in [5.41, 5.74) is 1.45. The maximum atomic E-state index is 12.8. The molecule has 3 heterocycles. The van der Waals surface area contributed by atoms with Gasteiger partial charge in [-0.3, -0.25) is 9.59 Å². The lowest BCUT2D eigenvalue weighted by molar-refractivity contribution is -0.126. The number of benzene rings is 1.